The lowest BCUT2D eigenvalue weighted by Crippen LogP contribution is -2.37. The lowest BCUT2D eigenvalue weighted by molar-refractivity contribution is -0.137. The summed E-state index contributed by atoms with van der Waals surface area (Å²) in [5, 5.41) is 3.97. The van der Waals surface area contributed by atoms with E-state index in [0.717, 1.165) is 18.2 Å². The van der Waals surface area contributed by atoms with Gasteiger partial charge >= 0.3 is 6.18 Å². The first-order valence-corrected chi connectivity index (χ1v) is 10.4. The van der Waals surface area contributed by atoms with Crippen molar-refractivity contribution in [2.75, 3.05) is 6.54 Å². The Morgan fingerprint density at radius 2 is 1.76 bits per heavy atom. The fourth-order valence-electron chi connectivity index (χ4n) is 3.70. The van der Waals surface area contributed by atoms with E-state index in [0.29, 0.717) is 11.3 Å². The molecule has 0 N–H and O–H groups in total. The van der Waals surface area contributed by atoms with Gasteiger partial charge in [-0.25, -0.2) is 8.78 Å². The third-order valence-corrected chi connectivity index (χ3v) is 5.33. The Hall–Kier alpha value is -3.75. The molecule has 1 aliphatic heterocycles. The van der Waals surface area contributed by atoms with Crippen LogP contribution in [0.4, 0.5) is 22.0 Å². The van der Waals surface area contributed by atoms with Crippen molar-refractivity contribution in [1.82, 2.24) is 4.90 Å². The van der Waals surface area contributed by atoms with Crippen molar-refractivity contribution in [2.24, 2.45) is 5.16 Å². The zero-order chi connectivity index (χ0) is 24.3. The van der Waals surface area contributed by atoms with E-state index in [-0.39, 0.29) is 30.6 Å². The Morgan fingerprint density at radius 3 is 2.50 bits per heavy atom. The third kappa shape index (κ3) is 5.41. The number of rotatable bonds is 6. The Kier molecular flexibility index (Phi) is 6.63. The second kappa shape index (κ2) is 9.62. The smallest absolute Gasteiger partial charge is 0.390 e. The molecular formula is C25H19F5N2O2. The lowest BCUT2D eigenvalue weighted by Gasteiger charge is -2.25. The van der Waals surface area contributed by atoms with E-state index < -0.39 is 35.4 Å². The summed E-state index contributed by atoms with van der Waals surface area (Å²) in [6, 6.07) is 15.8. The first-order valence-electron chi connectivity index (χ1n) is 10.4. The van der Waals surface area contributed by atoms with Crippen LogP contribution in [0.15, 0.2) is 78.0 Å². The molecule has 3 aromatic carbocycles. The average Bonchev–Trinajstić information content (AvgIpc) is 3.27. The maximum atomic E-state index is 14.3. The zero-order valence-corrected chi connectivity index (χ0v) is 17.7. The maximum absolute atomic E-state index is 14.3. The van der Waals surface area contributed by atoms with Gasteiger partial charge in [0.2, 0.25) is 0 Å². The molecule has 0 aromatic heterocycles. The van der Waals surface area contributed by atoms with Gasteiger partial charge in [0.25, 0.3) is 5.91 Å². The number of hydrogen-bond donors (Lipinski definition) is 0. The second-order valence-corrected chi connectivity index (χ2v) is 7.84. The van der Waals surface area contributed by atoms with Crippen LogP contribution < -0.4 is 0 Å². The van der Waals surface area contributed by atoms with Crippen molar-refractivity contribution in [3.8, 4) is 0 Å². The van der Waals surface area contributed by atoms with E-state index in [9.17, 15) is 26.7 Å². The van der Waals surface area contributed by atoms with Crippen LogP contribution >= 0.6 is 0 Å². The van der Waals surface area contributed by atoms with Crippen molar-refractivity contribution < 1.29 is 31.6 Å². The molecule has 1 unspecified atom stereocenters. The normalized spacial score (nSPS) is 15.6. The van der Waals surface area contributed by atoms with Gasteiger partial charge in [-0.15, -0.1) is 0 Å². The van der Waals surface area contributed by atoms with E-state index >= 15 is 0 Å². The van der Waals surface area contributed by atoms with Crippen molar-refractivity contribution in [3.63, 3.8) is 0 Å². The van der Waals surface area contributed by atoms with Crippen molar-refractivity contribution >= 4 is 11.6 Å². The largest absolute Gasteiger partial charge is 0.416 e. The molecule has 0 aliphatic carbocycles. The fourth-order valence-corrected chi connectivity index (χ4v) is 3.70. The van der Waals surface area contributed by atoms with Crippen LogP contribution in [0, 0.1) is 11.6 Å². The van der Waals surface area contributed by atoms with Gasteiger partial charge in [0.15, 0.2) is 6.10 Å². The summed E-state index contributed by atoms with van der Waals surface area (Å²) >= 11 is 0. The minimum atomic E-state index is -4.54. The highest BCUT2D eigenvalue weighted by atomic mass is 19.4. The highest BCUT2D eigenvalue weighted by Crippen LogP contribution is 2.30. The molecule has 4 nitrogen and oxygen atoms in total. The van der Waals surface area contributed by atoms with Crippen LogP contribution in [0.25, 0.3) is 0 Å². The molecule has 1 amide bonds. The molecule has 1 heterocycles. The number of alkyl halides is 3. The molecule has 4 rings (SSSR count). The lowest BCUT2D eigenvalue weighted by atomic mass is 10.0. The summed E-state index contributed by atoms with van der Waals surface area (Å²) in [7, 11) is 0. The first kappa shape index (κ1) is 23.4. The minimum absolute atomic E-state index is 0.0638. The van der Waals surface area contributed by atoms with Gasteiger partial charge in [-0.1, -0.05) is 41.6 Å². The number of benzene rings is 3. The third-order valence-electron chi connectivity index (χ3n) is 5.33. The number of carbonyl (C=O) groups excluding carboxylic acids is 1. The number of carbonyl (C=O) groups is 1. The van der Waals surface area contributed by atoms with Gasteiger partial charge in [0, 0.05) is 18.5 Å². The molecule has 1 atom stereocenters. The van der Waals surface area contributed by atoms with Crippen molar-refractivity contribution in [3.05, 3.63) is 107 Å². The van der Waals surface area contributed by atoms with E-state index in [2.05, 4.69) is 5.16 Å². The van der Waals surface area contributed by atoms with Gasteiger partial charge in [-0.2, -0.15) is 13.2 Å². The number of amides is 1. The van der Waals surface area contributed by atoms with Crippen molar-refractivity contribution in [1.29, 1.82) is 0 Å². The van der Waals surface area contributed by atoms with E-state index in [1.54, 1.807) is 6.07 Å². The van der Waals surface area contributed by atoms with Gasteiger partial charge < -0.3 is 9.74 Å². The van der Waals surface area contributed by atoms with Crippen LogP contribution in [0.1, 0.15) is 33.5 Å². The molecule has 0 saturated carbocycles. The molecule has 0 spiro atoms. The molecule has 0 fully saturated rings. The Bertz CT molecular complexity index is 1230. The predicted octanol–water partition coefficient (Wildman–Crippen LogP) is 5.82. The zero-order valence-electron chi connectivity index (χ0n) is 17.7. The second-order valence-electron chi connectivity index (χ2n) is 7.84. The molecule has 0 radical (unpaired) electrons. The molecule has 1 aliphatic rings. The maximum Gasteiger partial charge on any atom is 0.416 e. The monoisotopic (exact) mass is 474 g/mol. The number of halogens is 5. The van der Waals surface area contributed by atoms with Crippen molar-refractivity contribution in [2.45, 2.75) is 25.2 Å². The number of nitrogens with zero attached hydrogens (tertiary/aromatic N) is 2. The Balaban J connectivity index is 1.56. The van der Waals surface area contributed by atoms with Crippen LogP contribution in [-0.2, 0) is 17.6 Å². The average molecular weight is 474 g/mol. The van der Waals surface area contributed by atoms with Crippen LogP contribution in [0.5, 0.6) is 0 Å². The summed E-state index contributed by atoms with van der Waals surface area (Å²) in [4.78, 5) is 19.8. The topological polar surface area (TPSA) is 41.9 Å². The quantitative estimate of drug-likeness (QED) is 0.423. The SMILES string of the molecule is O=C(c1ccccc1F)N(Cc1cccc(C(F)(F)F)c1)CC1CC(c2cccc(F)c2)=NO1. The molecule has 34 heavy (non-hydrogen) atoms. The van der Waals surface area contributed by atoms with Crippen LogP contribution in [-0.4, -0.2) is 29.2 Å². The molecule has 3 aromatic rings. The summed E-state index contributed by atoms with van der Waals surface area (Å²) < 4.78 is 67.3. The summed E-state index contributed by atoms with van der Waals surface area (Å²) in [6.07, 6.45) is -4.94. The van der Waals surface area contributed by atoms with Crippen LogP contribution in [0.3, 0.4) is 0 Å². The fraction of sp³-hybridized carbons (Fsp3) is 0.200. The number of hydrogen-bond acceptors (Lipinski definition) is 3. The standard InChI is InChI=1S/C25H19F5N2O2/c26-19-8-4-6-17(12-19)23-13-20(34-31-23)15-32(24(33)21-9-1-2-10-22(21)27)14-16-5-3-7-18(11-16)25(28,29)30/h1-12,20H,13-15H2. The van der Waals surface area contributed by atoms with Crippen LogP contribution in [0.2, 0.25) is 0 Å². The predicted molar refractivity (Wildman–Crippen MR) is 115 cm³/mol. The van der Waals surface area contributed by atoms with Gasteiger partial charge in [0.05, 0.1) is 23.4 Å². The Morgan fingerprint density at radius 1 is 1.00 bits per heavy atom. The summed E-state index contributed by atoms with van der Waals surface area (Å²) in [5.74, 6) is -1.88. The molecular weight excluding hydrogens is 455 g/mol. The molecule has 0 bridgehead atoms. The highest BCUT2D eigenvalue weighted by Gasteiger charge is 2.32. The molecule has 176 valence electrons. The molecule has 0 saturated heterocycles. The van der Waals surface area contributed by atoms with Gasteiger partial charge in [0.1, 0.15) is 11.6 Å². The van der Waals surface area contributed by atoms with E-state index in [4.69, 9.17) is 4.84 Å². The Labute approximate surface area is 192 Å². The van der Waals surface area contributed by atoms with E-state index in [1.807, 2.05) is 0 Å². The summed E-state index contributed by atoms with van der Waals surface area (Å²) in [6.45, 7) is -0.266. The highest BCUT2D eigenvalue weighted by molar-refractivity contribution is 6.01. The van der Waals surface area contributed by atoms with Gasteiger partial charge in [-0.05, 0) is 42.0 Å². The number of oxime groups is 1. The van der Waals surface area contributed by atoms with E-state index in [1.165, 1.54) is 53.4 Å². The molecule has 9 heteroatoms. The summed E-state index contributed by atoms with van der Waals surface area (Å²) in [5.41, 5.74) is 0.161. The first-order chi connectivity index (χ1) is 16.2. The minimum Gasteiger partial charge on any atom is -0.390 e. The van der Waals surface area contributed by atoms with Gasteiger partial charge in [-0.3, -0.25) is 4.79 Å².